The van der Waals surface area contributed by atoms with E-state index in [0.29, 0.717) is 17.2 Å². The van der Waals surface area contributed by atoms with Crippen LogP contribution in [0.15, 0.2) is 5.38 Å². The Morgan fingerprint density at radius 3 is 2.61 bits per heavy atom. The quantitative estimate of drug-likeness (QED) is 0.578. The number of amides is 1. The van der Waals surface area contributed by atoms with Gasteiger partial charge in [0, 0.05) is 18.7 Å². The van der Waals surface area contributed by atoms with Crippen LogP contribution in [0.2, 0.25) is 0 Å². The second kappa shape index (κ2) is 7.97. The number of nitrogens with one attached hydrogen (secondary N) is 1. The Kier molecular flexibility index (Phi) is 6.57. The normalized spacial score (nSPS) is 10.3. The lowest BCUT2D eigenvalue weighted by Gasteiger charge is -2.01. The van der Waals surface area contributed by atoms with Crippen LogP contribution in [0.5, 0.6) is 0 Å². The van der Waals surface area contributed by atoms with Crippen LogP contribution in [0.25, 0.3) is 0 Å². The summed E-state index contributed by atoms with van der Waals surface area (Å²) in [7, 11) is 0. The molecule has 100 valence electrons. The molecule has 1 aromatic rings. The standard InChI is InChI=1S/C13H20N2O2S/c1-3-4-5-6-7-8-12(17)15-13-14-11(9-18-13)10(2)16/h9H,3-8H2,1-2H3,(H,14,15,17). The van der Waals surface area contributed by atoms with Gasteiger partial charge in [0.2, 0.25) is 5.91 Å². The van der Waals surface area contributed by atoms with Crippen LogP contribution in [-0.2, 0) is 4.79 Å². The highest BCUT2D eigenvalue weighted by Gasteiger charge is 2.08. The minimum absolute atomic E-state index is 0.0176. The Labute approximate surface area is 112 Å². The van der Waals surface area contributed by atoms with Gasteiger partial charge in [0.05, 0.1) is 0 Å². The van der Waals surface area contributed by atoms with Gasteiger partial charge in [0.25, 0.3) is 0 Å². The van der Waals surface area contributed by atoms with E-state index in [1.165, 1.54) is 37.5 Å². The molecule has 5 heteroatoms. The van der Waals surface area contributed by atoms with E-state index in [4.69, 9.17) is 0 Å². The summed E-state index contributed by atoms with van der Waals surface area (Å²) in [5.74, 6) is -0.0951. The molecule has 0 aliphatic rings. The fourth-order valence-electron chi connectivity index (χ4n) is 1.56. The molecule has 0 unspecified atom stereocenters. The van der Waals surface area contributed by atoms with Gasteiger partial charge >= 0.3 is 0 Å². The lowest BCUT2D eigenvalue weighted by atomic mass is 10.1. The molecule has 0 aliphatic heterocycles. The Morgan fingerprint density at radius 1 is 1.28 bits per heavy atom. The van der Waals surface area contributed by atoms with Gasteiger partial charge in [0.15, 0.2) is 10.9 Å². The number of unbranched alkanes of at least 4 members (excludes halogenated alkanes) is 4. The van der Waals surface area contributed by atoms with E-state index in [1.54, 1.807) is 5.38 Å². The van der Waals surface area contributed by atoms with Crippen molar-refractivity contribution >= 4 is 28.2 Å². The van der Waals surface area contributed by atoms with E-state index in [9.17, 15) is 9.59 Å². The van der Waals surface area contributed by atoms with Crippen molar-refractivity contribution in [3.8, 4) is 0 Å². The molecule has 0 fully saturated rings. The molecule has 1 rings (SSSR count). The fraction of sp³-hybridized carbons (Fsp3) is 0.615. The first-order valence-electron chi connectivity index (χ1n) is 6.39. The molecule has 1 heterocycles. The molecule has 4 nitrogen and oxygen atoms in total. The van der Waals surface area contributed by atoms with Crippen molar-refractivity contribution in [1.29, 1.82) is 0 Å². The van der Waals surface area contributed by atoms with Crippen LogP contribution in [-0.4, -0.2) is 16.7 Å². The van der Waals surface area contributed by atoms with E-state index in [0.717, 1.165) is 12.8 Å². The molecule has 0 saturated carbocycles. The van der Waals surface area contributed by atoms with Gasteiger partial charge < -0.3 is 5.32 Å². The first-order valence-corrected chi connectivity index (χ1v) is 7.27. The first-order chi connectivity index (χ1) is 8.63. The molecule has 0 aliphatic carbocycles. The minimum Gasteiger partial charge on any atom is -0.302 e. The van der Waals surface area contributed by atoms with Gasteiger partial charge in [-0.3, -0.25) is 9.59 Å². The molecular formula is C13H20N2O2S. The summed E-state index contributed by atoms with van der Waals surface area (Å²) in [6, 6.07) is 0. The minimum atomic E-state index is -0.0775. The molecular weight excluding hydrogens is 248 g/mol. The second-order valence-electron chi connectivity index (χ2n) is 4.31. The predicted molar refractivity (Wildman–Crippen MR) is 74.1 cm³/mol. The number of Topliss-reactive ketones (excluding diaryl/α,β-unsaturated/α-hetero) is 1. The number of hydrogen-bond acceptors (Lipinski definition) is 4. The zero-order valence-electron chi connectivity index (χ0n) is 11.0. The zero-order valence-corrected chi connectivity index (χ0v) is 11.8. The molecule has 1 amide bonds. The van der Waals surface area contributed by atoms with Gasteiger partial charge in [-0.1, -0.05) is 32.6 Å². The third-order valence-corrected chi connectivity index (χ3v) is 3.38. The van der Waals surface area contributed by atoms with E-state index in [-0.39, 0.29) is 11.7 Å². The number of anilines is 1. The molecule has 0 atom stereocenters. The maximum atomic E-state index is 11.6. The third-order valence-electron chi connectivity index (χ3n) is 2.62. The van der Waals surface area contributed by atoms with Crippen molar-refractivity contribution in [1.82, 2.24) is 4.98 Å². The Balaban J connectivity index is 2.24. The summed E-state index contributed by atoms with van der Waals surface area (Å²) in [6.07, 6.45) is 6.16. The van der Waals surface area contributed by atoms with Gasteiger partial charge in [-0.2, -0.15) is 0 Å². The predicted octanol–water partition coefficient (Wildman–Crippen LogP) is 3.64. The molecule has 0 radical (unpaired) electrons. The maximum Gasteiger partial charge on any atom is 0.226 e. The van der Waals surface area contributed by atoms with Crippen LogP contribution in [0.4, 0.5) is 5.13 Å². The summed E-state index contributed by atoms with van der Waals surface area (Å²) >= 11 is 1.29. The number of rotatable bonds is 8. The first kappa shape index (κ1) is 14.8. The molecule has 1 N–H and O–H groups in total. The van der Waals surface area contributed by atoms with Crippen molar-refractivity contribution in [3.05, 3.63) is 11.1 Å². The Hall–Kier alpha value is -1.23. The van der Waals surface area contributed by atoms with Gasteiger partial charge in [-0.25, -0.2) is 4.98 Å². The van der Waals surface area contributed by atoms with Crippen molar-refractivity contribution < 1.29 is 9.59 Å². The van der Waals surface area contributed by atoms with Crippen LogP contribution in [0.1, 0.15) is 62.9 Å². The van der Waals surface area contributed by atoms with E-state index < -0.39 is 0 Å². The van der Waals surface area contributed by atoms with Gasteiger partial charge in [-0.15, -0.1) is 11.3 Å². The molecule has 0 bridgehead atoms. The van der Waals surface area contributed by atoms with E-state index in [2.05, 4.69) is 17.2 Å². The van der Waals surface area contributed by atoms with Crippen LogP contribution < -0.4 is 5.32 Å². The van der Waals surface area contributed by atoms with Crippen LogP contribution in [0.3, 0.4) is 0 Å². The van der Waals surface area contributed by atoms with E-state index >= 15 is 0 Å². The fourth-order valence-corrected chi connectivity index (χ4v) is 2.33. The zero-order chi connectivity index (χ0) is 13.4. The summed E-state index contributed by atoms with van der Waals surface area (Å²) in [5, 5.41) is 4.90. The monoisotopic (exact) mass is 268 g/mol. The van der Waals surface area contributed by atoms with Crippen molar-refractivity contribution in [2.24, 2.45) is 0 Å². The third kappa shape index (κ3) is 5.40. The molecule has 0 spiro atoms. The lowest BCUT2D eigenvalue weighted by molar-refractivity contribution is -0.116. The van der Waals surface area contributed by atoms with E-state index in [1.807, 2.05) is 0 Å². The molecule has 18 heavy (non-hydrogen) atoms. The molecule has 0 saturated heterocycles. The smallest absolute Gasteiger partial charge is 0.226 e. The number of ketones is 1. The van der Waals surface area contributed by atoms with Crippen molar-refractivity contribution in [3.63, 3.8) is 0 Å². The average molecular weight is 268 g/mol. The second-order valence-corrected chi connectivity index (χ2v) is 5.16. The summed E-state index contributed by atoms with van der Waals surface area (Å²) in [4.78, 5) is 26.7. The lowest BCUT2D eigenvalue weighted by Crippen LogP contribution is -2.11. The number of hydrogen-bond donors (Lipinski definition) is 1. The maximum absolute atomic E-state index is 11.6. The number of aromatic nitrogens is 1. The number of carbonyl (C=O) groups excluding carboxylic acids is 2. The summed E-state index contributed by atoms with van der Waals surface area (Å²) in [5.41, 5.74) is 0.415. The van der Waals surface area contributed by atoms with Crippen molar-refractivity contribution in [2.45, 2.75) is 52.4 Å². The van der Waals surface area contributed by atoms with Crippen LogP contribution >= 0.6 is 11.3 Å². The van der Waals surface area contributed by atoms with Crippen molar-refractivity contribution in [2.75, 3.05) is 5.32 Å². The summed E-state index contributed by atoms with van der Waals surface area (Å²) in [6.45, 7) is 3.64. The van der Waals surface area contributed by atoms with Gasteiger partial charge in [-0.05, 0) is 6.42 Å². The van der Waals surface area contributed by atoms with Crippen LogP contribution in [0, 0.1) is 0 Å². The summed E-state index contributed by atoms with van der Waals surface area (Å²) < 4.78 is 0. The Bertz CT molecular complexity index is 401. The van der Waals surface area contributed by atoms with Gasteiger partial charge in [0.1, 0.15) is 5.69 Å². The Morgan fingerprint density at radius 2 is 2.00 bits per heavy atom. The highest BCUT2D eigenvalue weighted by atomic mass is 32.1. The SMILES string of the molecule is CCCCCCCC(=O)Nc1nc(C(C)=O)cs1. The average Bonchev–Trinajstić information content (AvgIpc) is 2.77. The number of thiazole rings is 1. The highest BCUT2D eigenvalue weighted by molar-refractivity contribution is 7.14. The largest absolute Gasteiger partial charge is 0.302 e. The molecule has 1 aromatic heterocycles. The highest BCUT2D eigenvalue weighted by Crippen LogP contribution is 2.16. The number of carbonyl (C=O) groups is 2. The molecule has 0 aromatic carbocycles. The topological polar surface area (TPSA) is 59.1 Å². The number of nitrogens with zero attached hydrogens (tertiary/aromatic N) is 1.